The van der Waals surface area contributed by atoms with E-state index in [1.807, 2.05) is 20.8 Å². The zero-order valence-electron chi connectivity index (χ0n) is 23.5. The average molecular weight is 631 g/mol. The summed E-state index contributed by atoms with van der Waals surface area (Å²) in [7, 11) is 1.56. The molecule has 3 fully saturated rings. The first-order chi connectivity index (χ1) is 19.6. The third kappa shape index (κ3) is 5.08. The number of nitrogens with one attached hydrogen (secondary N) is 2. The highest BCUT2D eigenvalue weighted by Crippen LogP contribution is 2.60. The number of aliphatic hydroxyl groups is 1. The van der Waals surface area contributed by atoms with Gasteiger partial charge in [-0.2, -0.15) is 0 Å². The van der Waals surface area contributed by atoms with E-state index in [0.29, 0.717) is 35.9 Å². The Bertz CT molecular complexity index is 1290. The Morgan fingerprint density at radius 1 is 1.07 bits per heavy atom. The van der Waals surface area contributed by atoms with Crippen LogP contribution in [0.15, 0.2) is 48.5 Å². The van der Waals surface area contributed by atoms with Crippen LogP contribution < -0.4 is 20.1 Å². The normalized spacial score (nSPS) is 28.9. The molecular weight excluding hydrogens is 594 g/mol. The largest absolute Gasteiger partial charge is 0.497 e. The number of amides is 3. The molecule has 1 spiro atoms. The Kier molecular flexibility index (Phi) is 8.31. The molecule has 220 valence electrons. The molecule has 3 saturated heterocycles. The summed E-state index contributed by atoms with van der Waals surface area (Å²) in [6.45, 7) is 5.87. The molecule has 2 bridgehead atoms. The van der Waals surface area contributed by atoms with Crippen LogP contribution in [0.25, 0.3) is 0 Å². The second-order valence-electron chi connectivity index (χ2n) is 11.1. The molecule has 5 rings (SSSR count). The number of alkyl halides is 1. The number of benzene rings is 2. The molecule has 2 aromatic rings. The molecule has 2 aromatic carbocycles. The van der Waals surface area contributed by atoms with Crippen molar-refractivity contribution in [2.24, 2.45) is 17.8 Å². The third-order valence-corrected chi connectivity index (χ3v) is 9.23. The van der Waals surface area contributed by atoms with E-state index >= 15 is 0 Å². The number of ether oxygens (including phenoxy) is 3. The lowest BCUT2D eigenvalue weighted by Crippen LogP contribution is -2.57. The van der Waals surface area contributed by atoms with E-state index in [4.69, 9.17) is 14.2 Å². The predicted molar refractivity (Wildman–Crippen MR) is 156 cm³/mol. The van der Waals surface area contributed by atoms with Gasteiger partial charge in [0.25, 0.3) is 0 Å². The van der Waals surface area contributed by atoms with E-state index in [2.05, 4.69) is 26.6 Å². The van der Waals surface area contributed by atoms with Crippen molar-refractivity contribution >= 4 is 45.0 Å². The highest BCUT2D eigenvalue weighted by molar-refractivity contribution is 9.09. The Morgan fingerprint density at radius 3 is 2.20 bits per heavy atom. The lowest BCUT2D eigenvalue weighted by atomic mass is 9.70. The van der Waals surface area contributed by atoms with Gasteiger partial charge in [-0.3, -0.25) is 14.4 Å². The SMILES string of the molecule is CCOc1ccc(NC(=O)[C@H]2[C@@H]3OC4(CC3Br)C(C(=O)Nc3ccc(OC)cc3)N([C@@H](CO)C(C)C)C(=O)[C@H]24)cc1. The minimum absolute atomic E-state index is 0.149. The highest BCUT2D eigenvalue weighted by atomic mass is 79.9. The highest BCUT2D eigenvalue weighted by Gasteiger charge is 2.77. The quantitative estimate of drug-likeness (QED) is 0.344. The van der Waals surface area contributed by atoms with Crippen molar-refractivity contribution in [3.8, 4) is 11.5 Å². The van der Waals surface area contributed by atoms with Crippen molar-refractivity contribution < 1.29 is 33.7 Å². The summed E-state index contributed by atoms with van der Waals surface area (Å²) in [5.74, 6) is -1.69. The number of rotatable bonds is 10. The number of aliphatic hydroxyl groups excluding tert-OH is 1. The molecule has 3 aliphatic heterocycles. The fourth-order valence-electron chi connectivity index (χ4n) is 6.56. The zero-order valence-corrected chi connectivity index (χ0v) is 25.1. The van der Waals surface area contributed by atoms with Crippen LogP contribution in [-0.4, -0.2) is 76.7 Å². The maximum Gasteiger partial charge on any atom is 0.250 e. The van der Waals surface area contributed by atoms with E-state index in [1.165, 1.54) is 4.90 Å². The molecule has 41 heavy (non-hydrogen) atoms. The Labute approximate surface area is 247 Å². The predicted octanol–water partition coefficient (Wildman–Crippen LogP) is 3.44. The molecule has 3 N–H and O–H groups in total. The number of fused-ring (bicyclic) bond motifs is 1. The van der Waals surface area contributed by atoms with Gasteiger partial charge in [-0.1, -0.05) is 29.8 Å². The minimum Gasteiger partial charge on any atom is -0.497 e. The van der Waals surface area contributed by atoms with Crippen molar-refractivity contribution in [1.29, 1.82) is 0 Å². The zero-order chi connectivity index (χ0) is 29.5. The molecule has 3 amide bonds. The topological polar surface area (TPSA) is 126 Å². The fourth-order valence-corrected chi connectivity index (χ4v) is 7.50. The van der Waals surface area contributed by atoms with Gasteiger partial charge in [0.1, 0.15) is 23.1 Å². The maximum atomic E-state index is 14.2. The van der Waals surface area contributed by atoms with Crippen LogP contribution in [0.4, 0.5) is 11.4 Å². The summed E-state index contributed by atoms with van der Waals surface area (Å²) in [6, 6.07) is 12.2. The number of halogens is 1. The fraction of sp³-hybridized carbons (Fsp3) is 0.500. The van der Waals surface area contributed by atoms with Crippen LogP contribution in [0.1, 0.15) is 27.2 Å². The summed E-state index contributed by atoms with van der Waals surface area (Å²) in [5, 5.41) is 16.2. The second kappa shape index (κ2) is 11.6. The van der Waals surface area contributed by atoms with Crippen molar-refractivity contribution in [3.63, 3.8) is 0 Å². The van der Waals surface area contributed by atoms with Gasteiger partial charge in [-0.15, -0.1) is 0 Å². The van der Waals surface area contributed by atoms with Gasteiger partial charge in [0.2, 0.25) is 17.7 Å². The van der Waals surface area contributed by atoms with Gasteiger partial charge >= 0.3 is 0 Å². The number of nitrogens with zero attached hydrogens (tertiary/aromatic N) is 1. The van der Waals surface area contributed by atoms with E-state index in [1.54, 1.807) is 55.6 Å². The molecule has 0 saturated carbocycles. The van der Waals surface area contributed by atoms with Crippen molar-refractivity contribution in [2.75, 3.05) is 31.0 Å². The molecule has 3 heterocycles. The van der Waals surface area contributed by atoms with Gasteiger partial charge < -0.3 is 34.9 Å². The summed E-state index contributed by atoms with van der Waals surface area (Å²) >= 11 is 3.68. The first-order valence-corrected chi connectivity index (χ1v) is 14.8. The number of carbonyl (C=O) groups excluding carboxylic acids is 3. The van der Waals surface area contributed by atoms with Crippen LogP contribution in [0, 0.1) is 17.8 Å². The van der Waals surface area contributed by atoms with Gasteiger partial charge in [-0.25, -0.2) is 0 Å². The Hall–Kier alpha value is -3.15. The molecular formula is C30H36BrN3O7. The number of hydrogen-bond acceptors (Lipinski definition) is 7. The molecule has 3 unspecified atom stereocenters. The van der Waals surface area contributed by atoms with Crippen LogP contribution in [-0.2, 0) is 19.1 Å². The second-order valence-corrected chi connectivity index (χ2v) is 12.2. The van der Waals surface area contributed by atoms with Crippen LogP contribution in [0.3, 0.4) is 0 Å². The summed E-state index contributed by atoms with van der Waals surface area (Å²) in [5.41, 5.74) is -0.149. The van der Waals surface area contributed by atoms with E-state index in [0.717, 1.165) is 0 Å². The van der Waals surface area contributed by atoms with Crippen molar-refractivity contribution in [1.82, 2.24) is 4.90 Å². The standard InChI is InChI=1S/C30H36BrN3O7/c1-5-40-20-12-8-17(9-13-20)32-27(36)23-24-29(38)34(22(15-35)16(2)3)26(30(24)14-21(31)25(23)41-30)28(37)33-18-6-10-19(39-4)11-7-18/h6-13,16,21-26,35H,5,14-15H2,1-4H3,(H,32,36)(H,33,37)/t21?,22-,23+,24-,25+,26?,30?/m0/s1. The Balaban J connectivity index is 1.48. The third-order valence-electron chi connectivity index (χ3n) is 8.38. The van der Waals surface area contributed by atoms with E-state index in [9.17, 15) is 19.5 Å². The maximum absolute atomic E-state index is 14.2. The van der Waals surface area contributed by atoms with Crippen LogP contribution in [0.5, 0.6) is 11.5 Å². The number of anilines is 2. The smallest absolute Gasteiger partial charge is 0.250 e. The lowest BCUT2D eigenvalue weighted by molar-refractivity contribution is -0.144. The summed E-state index contributed by atoms with van der Waals surface area (Å²) in [4.78, 5) is 43.3. The molecule has 0 aliphatic carbocycles. The van der Waals surface area contributed by atoms with Crippen LogP contribution >= 0.6 is 15.9 Å². The molecule has 3 aliphatic rings. The number of methoxy groups -OCH3 is 1. The number of likely N-dealkylation sites (tertiary alicyclic amines) is 1. The molecule has 11 heteroatoms. The molecule has 0 radical (unpaired) electrons. The van der Waals surface area contributed by atoms with Crippen molar-refractivity contribution in [2.45, 2.75) is 55.8 Å². The lowest BCUT2D eigenvalue weighted by Gasteiger charge is -2.38. The number of hydrogen-bond donors (Lipinski definition) is 3. The van der Waals surface area contributed by atoms with Crippen LogP contribution in [0.2, 0.25) is 0 Å². The first kappa shape index (κ1) is 29.3. The first-order valence-electron chi connectivity index (χ1n) is 13.9. The number of carbonyl (C=O) groups is 3. The van der Waals surface area contributed by atoms with Gasteiger partial charge in [0.15, 0.2) is 0 Å². The van der Waals surface area contributed by atoms with Gasteiger partial charge in [-0.05, 0) is 67.8 Å². The van der Waals surface area contributed by atoms with Gasteiger partial charge in [0, 0.05) is 16.2 Å². The molecule has 7 atom stereocenters. The molecule has 10 nitrogen and oxygen atoms in total. The van der Waals surface area contributed by atoms with Crippen molar-refractivity contribution in [3.05, 3.63) is 48.5 Å². The summed E-state index contributed by atoms with van der Waals surface area (Å²) in [6.07, 6.45) is -0.231. The monoisotopic (exact) mass is 629 g/mol. The van der Waals surface area contributed by atoms with Gasteiger partial charge in [0.05, 0.1) is 44.3 Å². The average Bonchev–Trinajstić information content (AvgIpc) is 3.54. The Morgan fingerprint density at radius 2 is 1.66 bits per heavy atom. The molecule has 0 aromatic heterocycles. The van der Waals surface area contributed by atoms with E-state index in [-0.39, 0.29) is 29.2 Å². The minimum atomic E-state index is -1.24. The van der Waals surface area contributed by atoms with E-state index < -0.39 is 41.5 Å². The summed E-state index contributed by atoms with van der Waals surface area (Å²) < 4.78 is 17.3.